The molecule has 5 nitrogen and oxygen atoms in total. The minimum absolute atomic E-state index is 0.283. The quantitative estimate of drug-likeness (QED) is 0.431. The van der Waals surface area contributed by atoms with Crippen molar-refractivity contribution >= 4 is 11.8 Å². The standard InChI is InChI=1S/C6H14O2.C4H6O3/c7-5-3-1-2-4-6-8;1-3(5)2-4(6)7/h7-8H,1-6H2;2H2,1H3,(H,6,7). The first-order valence-corrected chi connectivity index (χ1v) is 4.97. The van der Waals surface area contributed by atoms with E-state index in [1.807, 2.05) is 0 Å². The molecule has 0 aromatic heterocycles. The van der Waals surface area contributed by atoms with E-state index in [-0.39, 0.29) is 25.4 Å². The lowest BCUT2D eigenvalue weighted by atomic mass is 10.2. The highest BCUT2D eigenvalue weighted by atomic mass is 16.4. The fourth-order valence-electron chi connectivity index (χ4n) is 0.790. The monoisotopic (exact) mass is 220 g/mol. The van der Waals surface area contributed by atoms with Gasteiger partial charge in [-0.25, -0.2) is 0 Å². The molecule has 0 aromatic carbocycles. The Bertz CT molecular complexity index is 149. The van der Waals surface area contributed by atoms with Crippen LogP contribution in [0, 0.1) is 0 Å². The lowest BCUT2D eigenvalue weighted by molar-refractivity contribution is -0.139. The molecule has 0 heterocycles. The van der Waals surface area contributed by atoms with E-state index in [2.05, 4.69) is 0 Å². The number of carboxylic acids is 1. The second-order valence-corrected chi connectivity index (χ2v) is 3.13. The van der Waals surface area contributed by atoms with Gasteiger partial charge in [0.15, 0.2) is 0 Å². The van der Waals surface area contributed by atoms with Crippen molar-refractivity contribution in [2.45, 2.75) is 39.0 Å². The van der Waals surface area contributed by atoms with Crippen LogP contribution in [0.2, 0.25) is 0 Å². The highest BCUT2D eigenvalue weighted by molar-refractivity contribution is 5.93. The molecule has 0 rings (SSSR count). The van der Waals surface area contributed by atoms with Crippen molar-refractivity contribution < 1.29 is 24.9 Å². The third kappa shape index (κ3) is 24.6. The van der Waals surface area contributed by atoms with Gasteiger partial charge in [-0.15, -0.1) is 0 Å². The van der Waals surface area contributed by atoms with Crippen LogP contribution < -0.4 is 0 Å². The highest BCUT2D eigenvalue weighted by Crippen LogP contribution is 1.96. The van der Waals surface area contributed by atoms with Crippen LogP contribution in [0.5, 0.6) is 0 Å². The number of aliphatic hydroxyl groups is 2. The van der Waals surface area contributed by atoms with Gasteiger partial charge in [-0.3, -0.25) is 9.59 Å². The zero-order valence-electron chi connectivity index (χ0n) is 9.11. The molecule has 90 valence electrons. The second-order valence-electron chi connectivity index (χ2n) is 3.13. The van der Waals surface area contributed by atoms with Gasteiger partial charge in [-0.2, -0.15) is 0 Å². The van der Waals surface area contributed by atoms with Crippen LogP contribution in [0.1, 0.15) is 39.0 Å². The second kappa shape index (κ2) is 13.1. The van der Waals surface area contributed by atoms with Crippen LogP contribution in [0.15, 0.2) is 0 Å². The molecule has 0 aliphatic rings. The molecule has 0 radical (unpaired) electrons. The maximum atomic E-state index is 9.87. The molecule has 0 spiro atoms. The largest absolute Gasteiger partial charge is 0.481 e. The van der Waals surface area contributed by atoms with Crippen molar-refractivity contribution in [1.29, 1.82) is 0 Å². The Morgan fingerprint density at radius 3 is 1.47 bits per heavy atom. The van der Waals surface area contributed by atoms with Crippen molar-refractivity contribution in [3.8, 4) is 0 Å². The molecule has 0 bridgehead atoms. The molecule has 0 aromatic rings. The van der Waals surface area contributed by atoms with Crippen molar-refractivity contribution in [2.24, 2.45) is 0 Å². The third-order valence-electron chi connectivity index (χ3n) is 1.47. The topological polar surface area (TPSA) is 94.8 Å². The number of hydrogen-bond donors (Lipinski definition) is 3. The number of rotatable bonds is 7. The summed E-state index contributed by atoms with van der Waals surface area (Å²) in [4.78, 5) is 19.5. The average Bonchev–Trinajstić information content (AvgIpc) is 2.11. The fraction of sp³-hybridized carbons (Fsp3) is 0.800. The van der Waals surface area contributed by atoms with Crippen LogP contribution >= 0.6 is 0 Å². The smallest absolute Gasteiger partial charge is 0.310 e. The van der Waals surface area contributed by atoms with Crippen molar-refractivity contribution in [3.63, 3.8) is 0 Å². The molecule has 3 N–H and O–H groups in total. The van der Waals surface area contributed by atoms with Crippen molar-refractivity contribution in [2.75, 3.05) is 13.2 Å². The van der Waals surface area contributed by atoms with E-state index in [4.69, 9.17) is 15.3 Å². The number of unbranched alkanes of at least 4 members (excludes halogenated alkanes) is 3. The molecule has 0 aliphatic heterocycles. The van der Waals surface area contributed by atoms with Gasteiger partial charge in [0.05, 0.1) is 0 Å². The van der Waals surface area contributed by atoms with Crippen LogP contribution in [0.25, 0.3) is 0 Å². The van der Waals surface area contributed by atoms with Crippen LogP contribution in [-0.4, -0.2) is 40.3 Å². The molecular formula is C10H20O5. The molecule has 15 heavy (non-hydrogen) atoms. The molecule has 5 heteroatoms. The molecule has 0 saturated heterocycles. The molecule has 0 atom stereocenters. The molecule has 0 amide bonds. The van der Waals surface area contributed by atoms with Crippen LogP contribution in [0.3, 0.4) is 0 Å². The number of Topliss-reactive ketones (excluding diaryl/α,β-unsaturated/α-hetero) is 1. The summed E-state index contributed by atoms with van der Waals surface area (Å²) in [6, 6.07) is 0. The number of aliphatic carboxylic acids is 1. The maximum Gasteiger partial charge on any atom is 0.310 e. The number of aliphatic hydroxyl groups excluding tert-OH is 2. The molecule has 0 unspecified atom stereocenters. The van der Waals surface area contributed by atoms with E-state index in [0.717, 1.165) is 25.7 Å². The molecular weight excluding hydrogens is 200 g/mol. The fourth-order valence-corrected chi connectivity index (χ4v) is 0.790. The zero-order chi connectivity index (χ0) is 12.1. The van der Waals surface area contributed by atoms with Gasteiger partial charge in [-0.05, 0) is 19.8 Å². The third-order valence-corrected chi connectivity index (χ3v) is 1.47. The Hall–Kier alpha value is -0.940. The van der Waals surface area contributed by atoms with E-state index in [1.54, 1.807) is 0 Å². The summed E-state index contributed by atoms with van der Waals surface area (Å²) in [5, 5.41) is 24.5. The van der Waals surface area contributed by atoms with Gasteiger partial charge in [0.1, 0.15) is 12.2 Å². The summed E-state index contributed by atoms with van der Waals surface area (Å²) in [5.41, 5.74) is 0. The predicted octanol–water partition coefficient (Wildman–Crippen LogP) is 0.581. The molecule has 0 saturated carbocycles. The predicted molar refractivity (Wildman–Crippen MR) is 55.6 cm³/mol. The lowest BCUT2D eigenvalue weighted by Gasteiger charge is -1.93. The number of hydrogen-bond acceptors (Lipinski definition) is 4. The van der Waals surface area contributed by atoms with Gasteiger partial charge in [0.25, 0.3) is 0 Å². The Kier molecular flexibility index (Phi) is 14.4. The van der Waals surface area contributed by atoms with Gasteiger partial charge in [0, 0.05) is 13.2 Å². The molecule has 0 aliphatic carbocycles. The Labute approximate surface area is 89.7 Å². The zero-order valence-corrected chi connectivity index (χ0v) is 9.11. The van der Waals surface area contributed by atoms with E-state index >= 15 is 0 Å². The van der Waals surface area contributed by atoms with E-state index in [1.165, 1.54) is 6.92 Å². The average molecular weight is 220 g/mol. The maximum absolute atomic E-state index is 9.87. The number of carbonyl (C=O) groups is 2. The van der Waals surface area contributed by atoms with Gasteiger partial charge >= 0.3 is 5.97 Å². The number of carbonyl (C=O) groups excluding carboxylic acids is 1. The lowest BCUT2D eigenvalue weighted by Crippen LogP contribution is -2.00. The van der Waals surface area contributed by atoms with Crippen molar-refractivity contribution in [3.05, 3.63) is 0 Å². The van der Waals surface area contributed by atoms with E-state index in [0.29, 0.717) is 0 Å². The Morgan fingerprint density at radius 1 is 0.933 bits per heavy atom. The van der Waals surface area contributed by atoms with Gasteiger partial charge in [-0.1, -0.05) is 12.8 Å². The number of carboxylic acid groups (broad SMARTS) is 1. The summed E-state index contributed by atoms with van der Waals surface area (Å²) in [6.07, 6.45) is 3.47. The van der Waals surface area contributed by atoms with E-state index < -0.39 is 5.97 Å². The Morgan fingerprint density at radius 2 is 1.33 bits per heavy atom. The van der Waals surface area contributed by atoms with Crippen LogP contribution in [0.4, 0.5) is 0 Å². The summed E-state index contributed by atoms with van der Waals surface area (Å²) in [7, 11) is 0. The first-order chi connectivity index (χ1) is 7.04. The van der Waals surface area contributed by atoms with Crippen molar-refractivity contribution in [1.82, 2.24) is 0 Å². The highest BCUT2D eigenvalue weighted by Gasteiger charge is 1.98. The van der Waals surface area contributed by atoms with Crippen LogP contribution in [-0.2, 0) is 9.59 Å². The summed E-state index contributed by atoms with van der Waals surface area (Å²) in [5.74, 6) is -1.37. The summed E-state index contributed by atoms with van der Waals surface area (Å²) in [6.45, 7) is 1.81. The summed E-state index contributed by atoms with van der Waals surface area (Å²) >= 11 is 0. The number of ketones is 1. The first-order valence-electron chi connectivity index (χ1n) is 4.97. The van der Waals surface area contributed by atoms with Gasteiger partial charge < -0.3 is 15.3 Å². The summed E-state index contributed by atoms with van der Waals surface area (Å²) < 4.78 is 0. The van der Waals surface area contributed by atoms with Gasteiger partial charge in [0.2, 0.25) is 0 Å². The minimum atomic E-state index is -1.06. The van der Waals surface area contributed by atoms with E-state index in [9.17, 15) is 9.59 Å². The molecule has 0 fully saturated rings. The first kappa shape index (κ1) is 16.5. The normalized spacial score (nSPS) is 9.00. The minimum Gasteiger partial charge on any atom is -0.481 e. The Balaban J connectivity index is 0. The SMILES string of the molecule is CC(=O)CC(=O)O.OCCCCCCO.